The van der Waals surface area contributed by atoms with Crippen molar-refractivity contribution >= 4 is 28.3 Å². The van der Waals surface area contributed by atoms with Gasteiger partial charge in [0, 0.05) is 43.1 Å². The lowest BCUT2D eigenvalue weighted by atomic mass is 10.1. The second-order valence-corrected chi connectivity index (χ2v) is 8.31. The van der Waals surface area contributed by atoms with Crippen molar-refractivity contribution in [3.05, 3.63) is 94.2 Å². The molecule has 5 rings (SSSR count). The summed E-state index contributed by atoms with van der Waals surface area (Å²) in [6.07, 6.45) is 0. The number of rotatable bonds is 5. The van der Waals surface area contributed by atoms with Crippen LogP contribution < -0.4 is 15.6 Å². The van der Waals surface area contributed by atoms with Crippen LogP contribution in [0.2, 0.25) is 0 Å². The Bertz CT molecular complexity index is 1370. The molecule has 168 valence electrons. The minimum atomic E-state index is -0.441. The van der Waals surface area contributed by atoms with Crippen LogP contribution in [0.15, 0.2) is 75.9 Å². The van der Waals surface area contributed by atoms with Crippen LogP contribution in [0.5, 0.6) is 0 Å². The molecular formula is C26H24FN3O3. The van der Waals surface area contributed by atoms with Crippen LogP contribution in [0.1, 0.15) is 22.8 Å². The van der Waals surface area contributed by atoms with Crippen molar-refractivity contribution in [3.8, 4) is 0 Å². The number of Topliss-reactive ketones (excluding diaryl/α,β-unsaturated/α-hetero) is 1. The van der Waals surface area contributed by atoms with Crippen molar-refractivity contribution in [2.24, 2.45) is 0 Å². The summed E-state index contributed by atoms with van der Waals surface area (Å²) in [6, 6.07) is 19.9. The molecule has 0 bridgehead atoms. The van der Waals surface area contributed by atoms with Crippen molar-refractivity contribution in [1.29, 1.82) is 0 Å². The van der Waals surface area contributed by atoms with Crippen molar-refractivity contribution in [1.82, 2.24) is 4.57 Å². The topological polar surface area (TPSA) is 58.7 Å². The molecule has 3 aromatic carbocycles. The van der Waals surface area contributed by atoms with E-state index in [1.807, 2.05) is 24.3 Å². The van der Waals surface area contributed by atoms with Gasteiger partial charge in [-0.1, -0.05) is 12.1 Å². The molecule has 1 aromatic heterocycles. The maximum absolute atomic E-state index is 13.2. The van der Waals surface area contributed by atoms with E-state index in [4.69, 9.17) is 4.42 Å². The number of benzene rings is 3. The van der Waals surface area contributed by atoms with Crippen LogP contribution in [0.25, 0.3) is 11.1 Å². The highest BCUT2D eigenvalue weighted by molar-refractivity contribution is 5.96. The predicted octanol–water partition coefficient (Wildman–Crippen LogP) is 4.31. The summed E-state index contributed by atoms with van der Waals surface area (Å²) in [5.74, 6) is -0.735. The predicted molar refractivity (Wildman–Crippen MR) is 127 cm³/mol. The summed E-state index contributed by atoms with van der Waals surface area (Å²) in [5, 5.41) is 0. The van der Waals surface area contributed by atoms with Crippen LogP contribution in [0.3, 0.4) is 0 Å². The molecule has 33 heavy (non-hydrogen) atoms. The van der Waals surface area contributed by atoms with Gasteiger partial charge in [-0.3, -0.25) is 9.36 Å². The fourth-order valence-electron chi connectivity index (χ4n) is 4.34. The first-order valence-electron chi connectivity index (χ1n) is 11.0. The molecule has 0 unspecified atom stereocenters. The van der Waals surface area contributed by atoms with Gasteiger partial charge in [0.1, 0.15) is 5.82 Å². The maximum atomic E-state index is 13.2. The van der Waals surface area contributed by atoms with Crippen molar-refractivity contribution in [2.45, 2.75) is 13.5 Å². The van der Waals surface area contributed by atoms with Gasteiger partial charge >= 0.3 is 5.76 Å². The van der Waals surface area contributed by atoms with Gasteiger partial charge in [0.15, 0.2) is 11.4 Å². The number of hydrogen-bond donors (Lipinski definition) is 0. The standard InChI is InChI=1S/C26H24FN3O3/c1-18(31)20-5-10-24-25(16-20)33-26(32)30(24)17-19-3-2-4-23(15-19)29-13-11-28(12-14-29)22-8-6-21(27)7-9-22/h2-10,15-16H,11-14,17H2,1H3. The average molecular weight is 445 g/mol. The molecule has 0 atom stereocenters. The van der Waals surface area contributed by atoms with Gasteiger partial charge in [0.05, 0.1) is 12.1 Å². The number of aromatic nitrogens is 1. The maximum Gasteiger partial charge on any atom is 0.420 e. The van der Waals surface area contributed by atoms with E-state index >= 15 is 0 Å². The summed E-state index contributed by atoms with van der Waals surface area (Å²) in [6.45, 7) is 5.27. The monoisotopic (exact) mass is 445 g/mol. The van der Waals surface area contributed by atoms with Gasteiger partial charge in [0.25, 0.3) is 0 Å². The van der Waals surface area contributed by atoms with Crippen molar-refractivity contribution in [3.63, 3.8) is 0 Å². The number of carbonyl (C=O) groups excluding carboxylic acids is 1. The lowest BCUT2D eigenvalue weighted by molar-refractivity contribution is 0.101. The molecule has 0 radical (unpaired) electrons. The third-order valence-corrected chi connectivity index (χ3v) is 6.16. The molecule has 6 nitrogen and oxygen atoms in total. The van der Waals surface area contributed by atoms with Gasteiger partial charge < -0.3 is 14.2 Å². The Morgan fingerprint density at radius 2 is 1.61 bits per heavy atom. The second-order valence-electron chi connectivity index (χ2n) is 8.31. The Balaban J connectivity index is 1.32. The smallest absolute Gasteiger partial charge is 0.408 e. The third-order valence-electron chi connectivity index (χ3n) is 6.16. The molecule has 0 aliphatic carbocycles. The molecule has 1 saturated heterocycles. The van der Waals surface area contributed by atoms with Gasteiger partial charge in [-0.15, -0.1) is 0 Å². The van der Waals surface area contributed by atoms with Crippen LogP contribution in [0.4, 0.5) is 15.8 Å². The fourth-order valence-corrected chi connectivity index (χ4v) is 4.34. The highest BCUT2D eigenvalue weighted by Gasteiger charge is 2.18. The van der Waals surface area contributed by atoms with E-state index in [0.29, 0.717) is 23.2 Å². The largest absolute Gasteiger partial charge is 0.420 e. The van der Waals surface area contributed by atoms with Crippen LogP contribution in [0, 0.1) is 5.82 Å². The molecule has 0 spiro atoms. The highest BCUT2D eigenvalue weighted by atomic mass is 19.1. The Hall–Kier alpha value is -3.87. The fraction of sp³-hybridized carbons (Fsp3) is 0.231. The molecule has 0 N–H and O–H groups in total. The first kappa shape index (κ1) is 21.0. The highest BCUT2D eigenvalue weighted by Crippen LogP contribution is 2.23. The van der Waals surface area contributed by atoms with Crippen LogP contribution >= 0.6 is 0 Å². The summed E-state index contributed by atoms with van der Waals surface area (Å²) in [7, 11) is 0. The summed E-state index contributed by atoms with van der Waals surface area (Å²) in [5.41, 5.74) is 4.73. The number of fused-ring (bicyclic) bond motifs is 1. The lowest BCUT2D eigenvalue weighted by Crippen LogP contribution is -2.46. The third kappa shape index (κ3) is 4.26. The number of anilines is 2. The number of piperazine rings is 1. The number of carbonyl (C=O) groups is 1. The van der Waals surface area contributed by atoms with Crippen molar-refractivity contribution in [2.75, 3.05) is 36.0 Å². The van der Waals surface area contributed by atoms with Crippen LogP contribution in [-0.4, -0.2) is 36.5 Å². The van der Waals surface area contributed by atoms with E-state index < -0.39 is 5.76 Å². The first-order valence-corrected chi connectivity index (χ1v) is 11.0. The minimum absolute atomic E-state index is 0.0699. The molecule has 1 aliphatic heterocycles. The normalized spacial score (nSPS) is 14.1. The van der Waals surface area contributed by atoms with E-state index in [2.05, 4.69) is 21.9 Å². The minimum Gasteiger partial charge on any atom is -0.408 e. The molecule has 7 heteroatoms. The molecule has 2 heterocycles. The molecule has 4 aromatic rings. The zero-order valence-electron chi connectivity index (χ0n) is 18.3. The Morgan fingerprint density at radius 1 is 0.909 bits per heavy atom. The van der Waals surface area contributed by atoms with E-state index in [-0.39, 0.29) is 11.6 Å². The lowest BCUT2D eigenvalue weighted by Gasteiger charge is -2.37. The second kappa shape index (κ2) is 8.58. The molecule has 1 fully saturated rings. The van der Waals surface area contributed by atoms with Gasteiger partial charge in [-0.05, 0) is 67.1 Å². The Labute approximate surface area is 190 Å². The van der Waals surface area contributed by atoms with E-state index in [1.165, 1.54) is 19.1 Å². The summed E-state index contributed by atoms with van der Waals surface area (Å²) < 4.78 is 20.2. The number of oxazole rings is 1. The number of halogens is 1. The van der Waals surface area contributed by atoms with Crippen LogP contribution in [-0.2, 0) is 6.54 Å². The van der Waals surface area contributed by atoms with Gasteiger partial charge in [-0.25, -0.2) is 9.18 Å². The van der Waals surface area contributed by atoms with E-state index in [0.717, 1.165) is 43.1 Å². The number of nitrogens with zero attached hydrogens (tertiary/aromatic N) is 3. The Kier molecular flexibility index (Phi) is 5.46. The summed E-state index contributed by atoms with van der Waals surface area (Å²) in [4.78, 5) is 28.7. The number of ketones is 1. The average Bonchev–Trinajstić information content (AvgIpc) is 3.14. The molecular weight excluding hydrogens is 421 g/mol. The number of hydrogen-bond acceptors (Lipinski definition) is 5. The molecule has 0 amide bonds. The molecule has 0 saturated carbocycles. The van der Waals surface area contributed by atoms with E-state index in [1.54, 1.807) is 22.8 Å². The van der Waals surface area contributed by atoms with E-state index in [9.17, 15) is 14.0 Å². The van der Waals surface area contributed by atoms with Gasteiger partial charge in [0.2, 0.25) is 0 Å². The first-order chi connectivity index (χ1) is 16.0. The van der Waals surface area contributed by atoms with Crippen molar-refractivity contribution < 1.29 is 13.6 Å². The molecule has 1 aliphatic rings. The SMILES string of the molecule is CC(=O)c1ccc2c(c1)oc(=O)n2Cc1cccc(N2CCN(c3ccc(F)cc3)CC2)c1. The zero-order chi connectivity index (χ0) is 22.9. The summed E-state index contributed by atoms with van der Waals surface area (Å²) >= 11 is 0. The Morgan fingerprint density at radius 3 is 2.30 bits per heavy atom. The van der Waals surface area contributed by atoms with Gasteiger partial charge in [-0.2, -0.15) is 0 Å². The quantitative estimate of drug-likeness (QED) is 0.429. The zero-order valence-corrected chi connectivity index (χ0v) is 18.3.